The molecule has 0 bridgehead atoms. The predicted octanol–water partition coefficient (Wildman–Crippen LogP) is 1.50. The van der Waals surface area contributed by atoms with Crippen LogP contribution in [-0.2, 0) is 16.0 Å². The van der Waals surface area contributed by atoms with Crippen molar-refractivity contribution in [2.75, 3.05) is 5.32 Å². The molecule has 0 unspecified atom stereocenters. The van der Waals surface area contributed by atoms with Crippen LogP contribution in [0.15, 0.2) is 24.3 Å². The zero-order valence-corrected chi connectivity index (χ0v) is 10.6. The van der Waals surface area contributed by atoms with Crippen LogP contribution in [0.4, 0.5) is 5.69 Å². The monoisotopic (exact) mass is 248 g/mol. The van der Waals surface area contributed by atoms with Crippen LogP contribution >= 0.6 is 0 Å². The summed E-state index contributed by atoms with van der Waals surface area (Å²) in [6, 6.07) is 7.62. The van der Waals surface area contributed by atoms with Crippen LogP contribution < -0.4 is 10.4 Å². The average molecular weight is 248 g/mol. The Morgan fingerprint density at radius 3 is 2.39 bits per heavy atom. The highest BCUT2D eigenvalue weighted by Gasteiger charge is 2.02. The summed E-state index contributed by atoms with van der Waals surface area (Å²) in [5.41, 5.74) is 1.93. The second kappa shape index (κ2) is 7.48. The van der Waals surface area contributed by atoms with Gasteiger partial charge in [-0.3, -0.25) is 4.79 Å². The van der Waals surface area contributed by atoms with Gasteiger partial charge in [0.1, 0.15) is 0 Å². The van der Waals surface area contributed by atoms with Gasteiger partial charge in [0.15, 0.2) is 0 Å². The fourth-order valence-corrected chi connectivity index (χ4v) is 1.57. The van der Waals surface area contributed by atoms with Crippen LogP contribution in [-0.4, -0.2) is 11.9 Å². The van der Waals surface area contributed by atoms with Gasteiger partial charge in [-0.25, -0.2) is 0 Å². The highest BCUT2D eigenvalue weighted by molar-refractivity contribution is 5.92. The summed E-state index contributed by atoms with van der Waals surface area (Å²) in [5, 5.41) is 12.9. The Morgan fingerprint density at radius 2 is 1.83 bits per heavy atom. The molecule has 0 saturated heterocycles. The number of hydrogen-bond acceptors (Lipinski definition) is 3. The number of anilines is 1. The molecule has 1 rings (SSSR count). The predicted molar refractivity (Wildman–Crippen MR) is 67.9 cm³/mol. The van der Waals surface area contributed by atoms with Crippen molar-refractivity contribution < 1.29 is 14.7 Å². The molecule has 1 aromatic carbocycles. The van der Waals surface area contributed by atoms with Crippen LogP contribution in [0.5, 0.6) is 0 Å². The minimum atomic E-state index is -1.21. The fraction of sp³-hybridized carbons (Fsp3) is 0.429. The number of unbranched alkanes of at least 4 members (excludes halogenated alkanes) is 1. The second-order valence-electron chi connectivity index (χ2n) is 4.22. The van der Waals surface area contributed by atoms with E-state index in [-0.39, 0.29) is 18.7 Å². The molecule has 18 heavy (non-hydrogen) atoms. The lowest BCUT2D eigenvalue weighted by Crippen LogP contribution is -2.24. The molecular weight excluding hydrogens is 230 g/mol. The summed E-state index contributed by atoms with van der Waals surface area (Å²) >= 11 is 0. The zero-order valence-electron chi connectivity index (χ0n) is 10.6. The maximum absolute atomic E-state index is 11.4. The highest BCUT2D eigenvalue weighted by atomic mass is 16.4. The summed E-state index contributed by atoms with van der Waals surface area (Å²) in [5.74, 6) is -1.51. The topological polar surface area (TPSA) is 69.2 Å². The van der Waals surface area contributed by atoms with Crippen molar-refractivity contribution in [1.82, 2.24) is 0 Å². The van der Waals surface area contributed by atoms with E-state index in [0.29, 0.717) is 5.69 Å². The number of rotatable bonds is 7. The third kappa shape index (κ3) is 5.48. The van der Waals surface area contributed by atoms with Crippen LogP contribution in [0.3, 0.4) is 0 Å². The number of amides is 1. The van der Waals surface area contributed by atoms with Crippen LogP contribution in [0.25, 0.3) is 0 Å². The van der Waals surface area contributed by atoms with E-state index in [9.17, 15) is 14.7 Å². The van der Waals surface area contributed by atoms with Crippen molar-refractivity contribution in [1.29, 1.82) is 0 Å². The first-order valence-corrected chi connectivity index (χ1v) is 6.20. The van der Waals surface area contributed by atoms with Gasteiger partial charge >= 0.3 is 0 Å². The maximum Gasteiger partial charge on any atom is 0.224 e. The summed E-state index contributed by atoms with van der Waals surface area (Å²) in [6.45, 7) is 2.14. The fourth-order valence-electron chi connectivity index (χ4n) is 1.57. The number of hydrogen-bond donors (Lipinski definition) is 1. The molecular formula is C14H18NO3-. The summed E-state index contributed by atoms with van der Waals surface area (Å²) in [7, 11) is 0. The van der Waals surface area contributed by atoms with Crippen LogP contribution in [0.1, 0.15) is 38.2 Å². The smallest absolute Gasteiger partial charge is 0.224 e. The van der Waals surface area contributed by atoms with Gasteiger partial charge in [-0.05, 0) is 37.0 Å². The van der Waals surface area contributed by atoms with Crippen molar-refractivity contribution in [3.05, 3.63) is 29.8 Å². The number of aryl methyl sites for hydroxylation is 1. The van der Waals surface area contributed by atoms with Crippen molar-refractivity contribution in [2.24, 2.45) is 0 Å². The molecule has 0 aromatic heterocycles. The van der Waals surface area contributed by atoms with E-state index in [0.717, 1.165) is 19.3 Å². The van der Waals surface area contributed by atoms with E-state index < -0.39 is 5.97 Å². The lowest BCUT2D eigenvalue weighted by molar-refractivity contribution is -0.305. The molecule has 4 nitrogen and oxygen atoms in total. The molecule has 0 spiro atoms. The standard InChI is InChI=1S/C14H19NO3/c1-2-3-4-11-5-7-12(8-6-11)15-13(16)9-10-14(17)18/h5-8H,2-4,9-10H2,1H3,(H,15,16)(H,17,18)/p-1. The Kier molecular flexibility index (Phi) is 5.91. The molecule has 0 atom stereocenters. The van der Waals surface area contributed by atoms with Gasteiger partial charge < -0.3 is 15.2 Å². The molecule has 1 amide bonds. The minimum Gasteiger partial charge on any atom is -0.550 e. The number of benzene rings is 1. The third-order valence-corrected chi connectivity index (χ3v) is 2.61. The number of aliphatic carboxylic acids is 1. The van der Waals surface area contributed by atoms with E-state index in [4.69, 9.17) is 0 Å². The van der Waals surface area contributed by atoms with E-state index in [1.807, 2.05) is 24.3 Å². The van der Waals surface area contributed by atoms with Crippen molar-refractivity contribution in [3.63, 3.8) is 0 Å². The number of nitrogens with one attached hydrogen (secondary N) is 1. The molecule has 0 radical (unpaired) electrons. The first-order valence-electron chi connectivity index (χ1n) is 6.20. The quantitative estimate of drug-likeness (QED) is 0.795. The summed E-state index contributed by atoms with van der Waals surface area (Å²) in [4.78, 5) is 21.6. The van der Waals surface area contributed by atoms with E-state index >= 15 is 0 Å². The highest BCUT2D eigenvalue weighted by Crippen LogP contribution is 2.12. The largest absolute Gasteiger partial charge is 0.550 e. The Hall–Kier alpha value is -1.84. The third-order valence-electron chi connectivity index (χ3n) is 2.61. The van der Waals surface area contributed by atoms with Gasteiger partial charge in [-0.1, -0.05) is 25.5 Å². The minimum absolute atomic E-state index is 0.0556. The molecule has 0 heterocycles. The Morgan fingerprint density at radius 1 is 1.17 bits per heavy atom. The SMILES string of the molecule is CCCCc1ccc(NC(=O)CCC(=O)[O-])cc1. The van der Waals surface area contributed by atoms with Crippen LogP contribution in [0, 0.1) is 0 Å². The number of carboxylic acids is 1. The first kappa shape index (κ1) is 14.2. The van der Waals surface area contributed by atoms with Gasteiger partial charge in [-0.15, -0.1) is 0 Å². The van der Waals surface area contributed by atoms with Gasteiger partial charge in [0.25, 0.3) is 0 Å². The number of carboxylic acid groups (broad SMARTS) is 1. The number of carbonyl (C=O) groups excluding carboxylic acids is 2. The second-order valence-corrected chi connectivity index (χ2v) is 4.22. The Bertz CT molecular complexity index is 398. The first-order chi connectivity index (χ1) is 8.61. The number of carbonyl (C=O) groups is 2. The van der Waals surface area contributed by atoms with Gasteiger partial charge in [0.2, 0.25) is 5.91 Å². The summed E-state index contributed by atoms with van der Waals surface area (Å²) < 4.78 is 0. The van der Waals surface area contributed by atoms with Crippen molar-refractivity contribution in [3.8, 4) is 0 Å². The molecule has 0 aliphatic heterocycles. The normalized spacial score (nSPS) is 10.1. The molecule has 0 saturated carbocycles. The van der Waals surface area contributed by atoms with E-state index in [2.05, 4.69) is 12.2 Å². The van der Waals surface area contributed by atoms with Crippen LogP contribution in [0.2, 0.25) is 0 Å². The molecule has 1 N–H and O–H groups in total. The summed E-state index contributed by atoms with van der Waals surface area (Å²) in [6.07, 6.45) is 3.04. The van der Waals surface area contributed by atoms with Gasteiger partial charge in [-0.2, -0.15) is 0 Å². The molecule has 4 heteroatoms. The molecule has 0 aliphatic carbocycles. The lowest BCUT2D eigenvalue weighted by Gasteiger charge is -2.07. The maximum atomic E-state index is 11.4. The van der Waals surface area contributed by atoms with Crippen molar-refractivity contribution >= 4 is 17.6 Å². The Balaban J connectivity index is 2.42. The van der Waals surface area contributed by atoms with Crippen molar-refractivity contribution in [2.45, 2.75) is 39.0 Å². The van der Waals surface area contributed by atoms with Gasteiger partial charge in [0, 0.05) is 18.1 Å². The molecule has 0 aliphatic rings. The lowest BCUT2D eigenvalue weighted by atomic mass is 10.1. The Labute approximate surface area is 107 Å². The van der Waals surface area contributed by atoms with E-state index in [1.165, 1.54) is 5.56 Å². The molecule has 0 fully saturated rings. The van der Waals surface area contributed by atoms with Gasteiger partial charge in [0.05, 0.1) is 0 Å². The zero-order chi connectivity index (χ0) is 13.4. The van der Waals surface area contributed by atoms with E-state index in [1.54, 1.807) is 0 Å². The molecule has 98 valence electrons. The molecule has 1 aromatic rings. The average Bonchev–Trinajstić information content (AvgIpc) is 2.35.